The summed E-state index contributed by atoms with van der Waals surface area (Å²) in [6, 6.07) is 6.43. The van der Waals surface area contributed by atoms with E-state index in [9.17, 15) is 14.4 Å². The Kier molecular flexibility index (Phi) is 8.32. The molecular weight excluding hydrogens is 322 g/mol. The molecule has 136 valence electrons. The van der Waals surface area contributed by atoms with Crippen LogP contribution in [0.5, 0.6) is 0 Å². The standard InChI is InChI=1S/C18H25N3O4/c1-5-7-16(18(24)25-6-2)12(3)20-21-17(23)14-8-10-15(11-9-14)19-13(4)22/h8-11,16H,5-7H2,1-4H3,(H,19,22)(H,21,23)/b20-12+/t16-/m0/s1. The smallest absolute Gasteiger partial charge is 0.314 e. The second-order valence-electron chi connectivity index (χ2n) is 5.55. The van der Waals surface area contributed by atoms with Crippen molar-refractivity contribution in [1.29, 1.82) is 0 Å². The van der Waals surface area contributed by atoms with Crippen LogP contribution in [0.1, 0.15) is 50.9 Å². The molecule has 0 aliphatic rings. The predicted octanol–water partition coefficient (Wildman–Crippen LogP) is 2.73. The van der Waals surface area contributed by atoms with Crippen molar-refractivity contribution >= 4 is 29.2 Å². The van der Waals surface area contributed by atoms with E-state index in [0.29, 0.717) is 30.0 Å². The number of nitrogens with zero attached hydrogens (tertiary/aromatic N) is 1. The van der Waals surface area contributed by atoms with E-state index in [2.05, 4.69) is 15.8 Å². The minimum absolute atomic E-state index is 0.182. The van der Waals surface area contributed by atoms with Gasteiger partial charge in [-0.3, -0.25) is 14.4 Å². The highest BCUT2D eigenvalue weighted by Gasteiger charge is 2.22. The van der Waals surface area contributed by atoms with Gasteiger partial charge in [0.05, 0.1) is 12.5 Å². The third-order valence-corrected chi connectivity index (χ3v) is 3.45. The Bertz CT molecular complexity index is 638. The van der Waals surface area contributed by atoms with Crippen LogP contribution in [0.4, 0.5) is 5.69 Å². The van der Waals surface area contributed by atoms with Crippen molar-refractivity contribution in [2.75, 3.05) is 11.9 Å². The quantitative estimate of drug-likeness (QED) is 0.429. The second kappa shape index (κ2) is 10.2. The number of rotatable bonds is 8. The number of hydrogen-bond acceptors (Lipinski definition) is 5. The van der Waals surface area contributed by atoms with Gasteiger partial charge in [0.1, 0.15) is 0 Å². The molecular formula is C18H25N3O4. The molecule has 1 rings (SSSR count). The molecule has 0 saturated carbocycles. The minimum atomic E-state index is -0.465. The molecule has 0 fully saturated rings. The summed E-state index contributed by atoms with van der Waals surface area (Å²) in [6.45, 7) is 7.12. The number of carbonyl (C=O) groups excluding carboxylic acids is 3. The first-order chi connectivity index (χ1) is 11.9. The Morgan fingerprint density at radius 1 is 1.12 bits per heavy atom. The van der Waals surface area contributed by atoms with Crippen molar-refractivity contribution in [2.45, 2.75) is 40.5 Å². The van der Waals surface area contributed by atoms with Crippen LogP contribution in [-0.4, -0.2) is 30.1 Å². The van der Waals surface area contributed by atoms with Gasteiger partial charge in [0.15, 0.2) is 0 Å². The Hall–Kier alpha value is -2.70. The molecule has 0 bridgehead atoms. The molecule has 0 aliphatic heterocycles. The SMILES string of the molecule is CCC[C@H](C(=O)OCC)/C(C)=N/NC(=O)c1ccc(NC(C)=O)cc1. The normalized spacial score (nSPS) is 12.2. The first kappa shape index (κ1) is 20.3. The number of anilines is 1. The average Bonchev–Trinajstić information content (AvgIpc) is 2.57. The number of esters is 1. The van der Waals surface area contributed by atoms with E-state index in [0.717, 1.165) is 6.42 Å². The van der Waals surface area contributed by atoms with Crippen molar-refractivity contribution in [3.63, 3.8) is 0 Å². The number of carbonyl (C=O) groups is 3. The van der Waals surface area contributed by atoms with Gasteiger partial charge >= 0.3 is 5.97 Å². The zero-order valence-corrected chi connectivity index (χ0v) is 15.1. The number of nitrogens with one attached hydrogen (secondary N) is 2. The van der Waals surface area contributed by atoms with E-state index >= 15 is 0 Å². The maximum atomic E-state index is 12.1. The Morgan fingerprint density at radius 2 is 1.76 bits per heavy atom. The van der Waals surface area contributed by atoms with E-state index in [4.69, 9.17) is 4.74 Å². The summed E-state index contributed by atoms with van der Waals surface area (Å²) in [7, 11) is 0. The van der Waals surface area contributed by atoms with Crippen LogP contribution < -0.4 is 10.7 Å². The van der Waals surface area contributed by atoms with Gasteiger partial charge in [0.2, 0.25) is 5.91 Å². The Labute approximate surface area is 147 Å². The fourth-order valence-electron chi connectivity index (χ4n) is 2.22. The van der Waals surface area contributed by atoms with Crippen LogP contribution in [0.2, 0.25) is 0 Å². The lowest BCUT2D eigenvalue weighted by molar-refractivity contribution is -0.145. The monoisotopic (exact) mass is 347 g/mol. The molecule has 0 radical (unpaired) electrons. The summed E-state index contributed by atoms with van der Waals surface area (Å²) in [6.07, 6.45) is 1.41. The lowest BCUT2D eigenvalue weighted by atomic mass is 9.99. The summed E-state index contributed by atoms with van der Waals surface area (Å²) in [5, 5.41) is 6.67. The van der Waals surface area contributed by atoms with Crippen LogP contribution in [-0.2, 0) is 14.3 Å². The molecule has 1 atom stereocenters. The van der Waals surface area contributed by atoms with Crippen molar-refractivity contribution in [3.8, 4) is 0 Å². The van der Waals surface area contributed by atoms with Gasteiger partial charge in [-0.05, 0) is 44.5 Å². The number of ether oxygens (including phenoxy) is 1. The molecule has 0 aliphatic carbocycles. The van der Waals surface area contributed by atoms with E-state index in [1.165, 1.54) is 6.92 Å². The summed E-state index contributed by atoms with van der Waals surface area (Å²) in [5.74, 6) is -1.38. The third-order valence-electron chi connectivity index (χ3n) is 3.45. The van der Waals surface area contributed by atoms with Crippen LogP contribution in [0.15, 0.2) is 29.4 Å². The topological polar surface area (TPSA) is 96.9 Å². The predicted molar refractivity (Wildman–Crippen MR) is 96.4 cm³/mol. The van der Waals surface area contributed by atoms with Crippen LogP contribution in [0.25, 0.3) is 0 Å². The molecule has 0 heterocycles. The number of hydrazone groups is 1. The van der Waals surface area contributed by atoms with Crippen molar-refractivity contribution in [3.05, 3.63) is 29.8 Å². The highest BCUT2D eigenvalue weighted by atomic mass is 16.5. The zero-order valence-electron chi connectivity index (χ0n) is 15.1. The van der Waals surface area contributed by atoms with E-state index in [-0.39, 0.29) is 11.9 Å². The van der Waals surface area contributed by atoms with Crippen LogP contribution in [0, 0.1) is 5.92 Å². The molecule has 2 N–H and O–H groups in total. The summed E-state index contributed by atoms with van der Waals surface area (Å²) in [4.78, 5) is 35.1. The molecule has 7 heteroatoms. The first-order valence-electron chi connectivity index (χ1n) is 8.27. The average molecular weight is 347 g/mol. The van der Waals surface area contributed by atoms with Crippen molar-refractivity contribution in [1.82, 2.24) is 5.43 Å². The molecule has 0 saturated heterocycles. The first-order valence-corrected chi connectivity index (χ1v) is 8.27. The van der Waals surface area contributed by atoms with E-state index in [1.54, 1.807) is 38.1 Å². The van der Waals surface area contributed by atoms with E-state index in [1.807, 2.05) is 6.92 Å². The Morgan fingerprint density at radius 3 is 2.28 bits per heavy atom. The zero-order chi connectivity index (χ0) is 18.8. The van der Waals surface area contributed by atoms with Crippen LogP contribution >= 0.6 is 0 Å². The van der Waals surface area contributed by atoms with Crippen molar-refractivity contribution < 1.29 is 19.1 Å². The molecule has 1 aromatic rings. The van der Waals surface area contributed by atoms with E-state index < -0.39 is 11.8 Å². The lowest BCUT2D eigenvalue weighted by Crippen LogP contribution is -2.27. The van der Waals surface area contributed by atoms with Gasteiger partial charge in [-0.2, -0.15) is 5.10 Å². The minimum Gasteiger partial charge on any atom is -0.465 e. The number of amides is 2. The van der Waals surface area contributed by atoms with Gasteiger partial charge in [-0.25, -0.2) is 5.43 Å². The summed E-state index contributed by atoms with van der Waals surface area (Å²) < 4.78 is 5.05. The third kappa shape index (κ3) is 6.74. The van der Waals surface area contributed by atoms with Crippen molar-refractivity contribution in [2.24, 2.45) is 11.0 Å². The van der Waals surface area contributed by atoms with Gasteiger partial charge in [0.25, 0.3) is 5.91 Å². The van der Waals surface area contributed by atoms with Gasteiger partial charge in [-0.1, -0.05) is 13.3 Å². The highest BCUT2D eigenvalue weighted by Crippen LogP contribution is 2.12. The number of hydrogen-bond donors (Lipinski definition) is 2. The van der Waals surface area contributed by atoms with Gasteiger partial charge in [0, 0.05) is 23.9 Å². The lowest BCUT2D eigenvalue weighted by Gasteiger charge is -2.14. The molecule has 0 spiro atoms. The highest BCUT2D eigenvalue weighted by molar-refractivity contribution is 6.02. The largest absolute Gasteiger partial charge is 0.465 e. The summed E-state index contributed by atoms with van der Waals surface area (Å²) in [5.41, 5.74) is 3.95. The molecule has 2 amide bonds. The van der Waals surface area contributed by atoms with Gasteiger partial charge < -0.3 is 10.1 Å². The molecule has 0 aromatic heterocycles. The second-order valence-corrected chi connectivity index (χ2v) is 5.55. The molecule has 7 nitrogen and oxygen atoms in total. The maximum absolute atomic E-state index is 12.1. The van der Waals surface area contributed by atoms with Crippen LogP contribution in [0.3, 0.4) is 0 Å². The Balaban J connectivity index is 2.75. The maximum Gasteiger partial charge on any atom is 0.314 e. The molecule has 0 unspecified atom stereocenters. The number of benzene rings is 1. The summed E-state index contributed by atoms with van der Waals surface area (Å²) >= 11 is 0. The fraction of sp³-hybridized carbons (Fsp3) is 0.444. The molecule has 25 heavy (non-hydrogen) atoms. The molecule has 1 aromatic carbocycles. The fourth-order valence-corrected chi connectivity index (χ4v) is 2.22. The van der Waals surface area contributed by atoms with Gasteiger partial charge in [-0.15, -0.1) is 0 Å².